The predicted octanol–water partition coefficient (Wildman–Crippen LogP) is 22.4. The lowest BCUT2D eigenvalue weighted by atomic mass is 10.1. The first-order valence-electron chi connectivity index (χ1n) is 32.3. The van der Waals surface area contributed by atoms with Gasteiger partial charge in [0.1, 0.15) is 13.2 Å². The van der Waals surface area contributed by atoms with Gasteiger partial charge in [-0.25, -0.2) is 0 Å². The second kappa shape index (κ2) is 67.0. The van der Waals surface area contributed by atoms with Crippen LogP contribution in [0.3, 0.4) is 0 Å². The fourth-order valence-corrected chi connectivity index (χ4v) is 8.11. The van der Waals surface area contributed by atoms with E-state index in [2.05, 4.69) is 203 Å². The third-order valence-electron chi connectivity index (χ3n) is 12.9. The van der Waals surface area contributed by atoms with Crippen LogP contribution in [0.4, 0.5) is 0 Å². The van der Waals surface area contributed by atoms with Gasteiger partial charge >= 0.3 is 17.9 Å². The Hall–Kier alpha value is -5.49. The van der Waals surface area contributed by atoms with Crippen LogP contribution in [0.15, 0.2) is 182 Å². The average Bonchev–Trinajstić information content (AvgIpc) is 3.47. The van der Waals surface area contributed by atoms with Crippen molar-refractivity contribution in [2.45, 2.75) is 258 Å². The van der Waals surface area contributed by atoms with Gasteiger partial charge in [0.25, 0.3) is 0 Å². The van der Waals surface area contributed by atoms with Gasteiger partial charge in [-0.1, -0.05) is 261 Å². The molecule has 0 aliphatic rings. The Labute approximate surface area is 497 Å². The van der Waals surface area contributed by atoms with Crippen molar-refractivity contribution in [3.8, 4) is 0 Å². The summed E-state index contributed by atoms with van der Waals surface area (Å²) in [4.78, 5) is 38.3. The van der Waals surface area contributed by atoms with Crippen LogP contribution in [0.25, 0.3) is 0 Å². The third kappa shape index (κ3) is 65.2. The number of carbonyl (C=O) groups is 3. The van der Waals surface area contributed by atoms with E-state index in [9.17, 15) is 14.4 Å². The van der Waals surface area contributed by atoms with E-state index in [1.807, 2.05) is 0 Å². The van der Waals surface area contributed by atoms with Gasteiger partial charge in [0.05, 0.1) is 0 Å². The summed E-state index contributed by atoms with van der Waals surface area (Å²) in [6.45, 7) is 6.30. The minimum absolute atomic E-state index is 0.119. The number of hydrogen-bond acceptors (Lipinski definition) is 6. The van der Waals surface area contributed by atoms with Crippen LogP contribution in [-0.2, 0) is 28.6 Å². The molecule has 0 amide bonds. The Morgan fingerprint density at radius 1 is 0.259 bits per heavy atom. The Bertz CT molecular complexity index is 1900. The van der Waals surface area contributed by atoms with Gasteiger partial charge in [0.15, 0.2) is 6.10 Å². The standard InChI is InChI=1S/C75H116O6/c1-4-7-10-13-16-19-22-25-28-31-32-33-34-35-36-37-38-39-40-41-42-45-47-50-53-56-59-62-65-68-74(77)80-71-72(81-75(78)69-66-63-60-57-54-51-48-44-30-27-24-21-18-15-12-9-6-3)70-79-73(76)67-64-61-58-55-52-49-46-43-29-26-23-20-17-14-11-8-5-2/h7,9-10,12,16-21,25-30,32-33,35-36,38-39,41-42,47-48,50-51,56,59,72H,4-6,8,11,13-15,22-24,31,34,37,40,43-46,49,52-55,57-58,60-71H2,1-3H3/b10-7-,12-9-,19-16-,20-17-,21-18-,28-25-,29-26-,30-27-,33-32-,36-35-,39-38-,42-41-,50-47-,51-48-,59-56-. The highest BCUT2D eigenvalue weighted by Crippen LogP contribution is 2.13. The van der Waals surface area contributed by atoms with E-state index in [0.29, 0.717) is 12.8 Å². The second-order valence-electron chi connectivity index (χ2n) is 20.5. The number of unbranched alkanes of at least 4 members (excludes halogenated alkanes) is 15. The van der Waals surface area contributed by atoms with Gasteiger partial charge in [0, 0.05) is 19.3 Å². The van der Waals surface area contributed by atoms with Gasteiger partial charge < -0.3 is 14.2 Å². The molecular formula is C75H116O6. The highest BCUT2D eigenvalue weighted by molar-refractivity contribution is 5.71. The topological polar surface area (TPSA) is 78.9 Å². The van der Waals surface area contributed by atoms with Crippen molar-refractivity contribution < 1.29 is 28.6 Å². The molecule has 6 nitrogen and oxygen atoms in total. The van der Waals surface area contributed by atoms with Crippen LogP contribution >= 0.6 is 0 Å². The zero-order valence-corrected chi connectivity index (χ0v) is 51.7. The number of ether oxygens (including phenoxy) is 3. The summed E-state index contributed by atoms with van der Waals surface area (Å²) in [5.41, 5.74) is 0. The molecule has 0 saturated carbocycles. The fourth-order valence-electron chi connectivity index (χ4n) is 8.11. The average molecular weight is 1110 g/mol. The Morgan fingerprint density at radius 2 is 0.494 bits per heavy atom. The maximum absolute atomic E-state index is 12.9. The van der Waals surface area contributed by atoms with E-state index in [-0.39, 0.29) is 44.0 Å². The molecule has 0 bridgehead atoms. The van der Waals surface area contributed by atoms with E-state index in [1.54, 1.807) is 0 Å². The summed E-state index contributed by atoms with van der Waals surface area (Å²) in [6.07, 6.45) is 100. The van der Waals surface area contributed by atoms with Crippen molar-refractivity contribution in [3.05, 3.63) is 182 Å². The Kier molecular flexibility index (Phi) is 62.5. The molecular weight excluding hydrogens is 997 g/mol. The molecule has 0 heterocycles. The van der Waals surface area contributed by atoms with Crippen LogP contribution in [-0.4, -0.2) is 37.2 Å². The molecule has 0 aromatic rings. The van der Waals surface area contributed by atoms with Gasteiger partial charge in [-0.05, 0) is 154 Å². The lowest BCUT2D eigenvalue weighted by Crippen LogP contribution is -2.30. The summed E-state index contributed by atoms with van der Waals surface area (Å²) in [7, 11) is 0. The molecule has 0 aromatic heterocycles. The zero-order chi connectivity index (χ0) is 58.5. The molecule has 1 atom stereocenters. The first kappa shape index (κ1) is 75.5. The SMILES string of the molecule is CC/C=C\C/C=C\C/C=C\C/C=C\C/C=C\C/C=C\C/C=C\C/C=C\C/C=C\CCCC(=O)OCC(COC(=O)CCCCCCCCC/C=C\C/C=C\CCCCC)OC(=O)CCCCCC/C=C\C/C=C\C/C=C\C/C=C\CC. The quantitative estimate of drug-likeness (QED) is 0.0261. The Morgan fingerprint density at radius 3 is 0.802 bits per heavy atom. The highest BCUT2D eigenvalue weighted by atomic mass is 16.6. The largest absolute Gasteiger partial charge is 0.462 e. The molecule has 452 valence electrons. The first-order chi connectivity index (χ1) is 40.0. The van der Waals surface area contributed by atoms with Gasteiger partial charge in [0.2, 0.25) is 0 Å². The van der Waals surface area contributed by atoms with E-state index in [0.717, 1.165) is 154 Å². The van der Waals surface area contributed by atoms with Crippen LogP contribution in [0.1, 0.15) is 252 Å². The number of allylic oxidation sites excluding steroid dienone is 30. The van der Waals surface area contributed by atoms with Crippen molar-refractivity contribution in [2.75, 3.05) is 13.2 Å². The maximum Gasteiger partial charge on any atom is 0.306 e. The summed E-state index contributed by atoms with van der Waals surface area (Å²) in [5, 5.41) is 0. The molecule has 0 spiro atoms. The maximum atomic E-state index is 12.9. The van der Waals surface area contributed by atoms with Crippen molar-refractivity contribution in [1.82, 2.24) is 0 Å². The smallest absolute Gasteiger partial charge is 0.306 e. The van der Waals surface area contributed by atoms with E-state index in [1.165, 1.54) is 51.4 Å². The number of esters is 3. The number of hydrogen-bond donors (Lipinski definition) is 0. The number of rotatable bonds is 56. The zero-order valence-electron chi connectivity index (χ0n) is 51.7. The lowest BCUT2D eigenvalue weighted by Gasteiger charge is -2.18. The van der Waals surface area contributed by atoms with Gasteiger partial charge in [-0.2, -0.15) is 0 Å². The molecule has 0 fully saturated rings. The normalized spacial score (nSPS) is 13.4. The second-order valence-corrected chi connectivity index (χ2v) is 20.5. The van der Waals surface area contributed by atoms with Crippen LogP contribution in [0, 0.1) is 0 Å². The molecule has 0 saturated heterocycles. The van der Waals surface area contributed by atoms with Gasteiger partial charge in [-0.15, -0.1) is 0 Å². The molecule has 0 aliphatic carbocycles. The predicted molar refractivity (Wildman–Crippen MR) is 352 cm³/mol. The molecule has 1 unspecified atom stereocenters. The van der Waals surface area contributed by atoms with Crippen LogP contribution < -0.4 is 0 Å². The van der Waals surface area contributed by atoms with Crippen molar-refractivity contribution in [1.29, 1.82) is 0 Å². The molecule has 0 N–H and O–H groups in total. The molecule has 0 aliphatic heterocycles. The summed E-state index contributed by atoms with van der Waals surface area (Å²) < 4.78 is 16.8. The summed E-state index contributed by atoms with van der Waals surface area (Å²) >= 11 is 0. The van der Waals surface area contributed by atoms with Crippen molar-refractivity contribution in [3.63, 3.8) is 0 Å². The third-order valence-corrected chi connectivity index (χ3v) is 12.9. The van der Waals surface area contributed by atoms with Crippen molar-refractivity contribution >= 4 is 17.9 Å². The fraction of sp³-hybridized carbons (Fsp3) is 0.560. The van der Waals surface area contributed by atoms with Crippen molar-refractivity contribution in [2.24, 2.45) is 0 Å². The minimum Gasteiger partial charge on any atom is -0.462 e. The minimum atomic E-state index is -0.830. The van der Waals surface area contributed by atoms with E-state index >= 15 is 0 Å². The molecule has 0 rings (SSSR count). The summed E-state index contributed by atoms with van der Waals surface area (Å²) in [6, 6.07) is 0. The van der Waals surface area contributed by atoms with E-state index in [4.69, 9.17) is 14.2 Å². The summed E-state index contributed by atoms with van der Waals surface area (Å²) in [5.74, 6) is -1.02. The molecule has 81 heavy (non-hydrogen) atoms. The van der Waals surface area contributed by atoms with Crippen LogP contribution in [0.5, 0.6) is 0 Å². The Balaban J connectivity index is 4.54. The van der Waals surface area contributed by atoms with Crippen LogP contribution in [0.2, 0.25) is 0 Å². The highest BCUT2D eigenvalue weighted by Gasteiger charge is 2.19. The van der Waals surface area contributed by atoms with E-state index < -0.39 is 6.10 Å². The monoisotopic (exact) mass is 1110 g/mol. The molecule has 0 radical (unpaired) electrons. The number of carbonyl (C=O) groups excluding carboxylic acids is 3. The molecule has 0 aromatic carbocycles. The van der Waals surface area contributed by atoms with Gasteiger partial charge in [-0.3, -0.25) is 14.4 Å². The first-order valence-corrected chi connectivity index (χ1v) is 32.3. The molecule has 6 heteroatoms. The lowest BCUT2D eigenvalue weighted by molar-refractivity contribution is -0.167.